The summed E-state index contributed by atoms with van der Waals surface area (Å²) < 4.78 is 7.10. The Kier molecular flexibility index (Phi) is 4.12. The quantitative estimate of drug-likeness (QED) is 0.934. The Balaban J connectivity index is 1.90. The van der Waals surface area contributed by atoms with Gasteiger partial charge in [-0.05, 0) is 50.2 Å². The molecule has 0 bridgehead atoms. The zero-order valence-corrected chi connectivity index (χ0v) is 11.6. The third-order valence-corrected chi connectivity index (χ3v) is 2.94. The summed E-state index contributed by atoms with van der Waals surface area (Å²) in [6.07, 6.45) is 0. The van der Waals surface area contributed by atoms with Gasteiger partial charge in [0, 0.05) is 16.4 Å². The minimum absolute atomic E-state index is 0.0430. The first-order chi connectivity index (χ1) is 9.06. The maximum atomic E-state index is 11.8. The second-order valence-corrected chi connectivity index (χ2v) is 4.67. The van der Waals surface area contributed by atoms with E-state index in [1.165, 1.54) is 0 Å². The van der Waals surface area contributed by atoms with Gasteiger partial charge >= 0.3 is 0 Å². The van der Waals surface area contributed by atoms with Crippen LogP contribution in [0.2, 0.25) is 5.02 Å². The van der Waals surface area contributed by atoms with Crippen LogP contribution in [0.4, 0.5) is 0 Å². The van der Waals surface area contributed by atoms with Gasteiger partial charge in [-0.25, -0.2) is 0 Å². The van der Waals surface area contributed by atoms with E-state index in [9.17, 15) is 4.79 Å². The summed E-state index contributed by atoms with van der Waals surface area (Å²) in [5.41, 5.74) is 4.71. The molecule has 2 aromatic rings. The molecule has 0 fully saturated rings. The lowest BCUT2D eigenvalue weighted by molar-refractivity contribution is -0.119. The van der Waals surface area contributed by atoms with Gasteiger partial charge in [-0.15, -0.1) is 0 Å². The average molecular weight is 279 g/mol. The van der Waals surface area contributed by atoms with E-state index >= 15 is 0 Å². The van der Waals surface area contributed by atoms with E-state index in [0.717, 1.165) is 11.4 Å². The standard InChI is InChI=1S/C14H15ClN2O2/c1-10-3-4-11(2)17(10)16-14(18)9-19-13-7-5-12(15)6-8-13/h3-8H,9H2,1-2H3,(H,16,18). The first kappa shape index (κ1) is 13.5. The fourth-order valence-electron chi connectivity index (χ4n) is 1.68. The molecule has 1 N–H and O–H groups in total. The number of amides is 1. The van der Waals surface area contributed by atoms with Gasteiger partial charge < -0.3 is 4.74 Å². The van der Waals surface area contributed by atoms with Crippen LogP contribution in [-0.4, -0.2) is 17.2 Å². The molecule has 100 valence electrons. The summed E-state index contributed by atoms with van der Waals surface area (Å²) in [4.78, 5) is 11.8. The zero-order valence-electron chi connectivity index (χ0n) is 10.8. The van der Waals surface area contributed by atoms with Crippen molar-refractivity contribution in [3.8, 4) is 5.75 Å². The zero-order chi connectivity index (χ0) is 13.8. The highest BCUT2D eigenvalue weighted by atomic mass is 35.5. The molecule has 1 amide bonds. The van der Waals surface area contributed by atoms with Crippen LogP contribution in [0.15, 0.2) is 36.4 Å². The van der Waals surface area contributed by atoms with Crippen molar-refractivity contribution in [2.45, 2.75) is 13.8 Å². The first-order valence-electron chi connectivity index (χ1n) is 5.89. The van der Waals surface area contributed by atoms with E-state index in [1.807, 2.05) is 26.0 Å². The minimum Gasteiger partial charge on any atom is -0.484 e. The Labute approximate surface area is 116 Å². The summed E-state index contributed by atoms with van der Waals surface area (Å²) >= 11 is 5.77. The minimum atomic E-state index is -0.211. The van der Waals surface area contributed by atoms with Gasteiger partial charge in [-0.2, -0.15) is 0 Å². The molecule has 1 aromatic heterocycles. The fourth-order valence-corrected chi connectivity index (χ4v) is 1.81. The summed E-state index contributed by atoms with van der Waals surface area (Å²) in [5.74, 6) is 0.401. The molecule has 0 saturated heterocycles. The summed E-state index contributed by atoms with van der Waals surface area (Å²) in [5, 5.41) is 0.635. The Bertz CT molecular complexity index is 556. The molecular formula is C14H15ClN2O2. The average Bonchev–Trinajstić information content (AvgIpc) is 2.70. The van der Waals surface area contributed by atoms with Crippen molar-refractivity contribution in [3.63, 3.8) is 0 Å². The Morgan fingerprint density at radius 2 is 1.74 bits per heavy atom. The largest absolute Gasteiger partial charge is 0.484 e. The predicted molar refractivity (Wildman–Crippen MR) is 75.2 cm³/mol. The second-order valence-electron chi connectivity index (χ2n) is 4.23. The lowest BCUT2D eigenvalue weighted by Crippen LogP contribution is -2.29. The van der Waals surface area contributed by atoms with Crippen LogP contribution >= 0.6 is 11.6 Å². The molecule has 5 heteroatoms. The molecule has 2 rings (SSSR count). The fraction of sp³-hybridized carbons (Fsp3) is 0.214. The monoisotopic (exact) mass is 278 g/mol. The predicted octanol–water partition coefficient (Wildman–Crippen LogP) is 2.91. The van der Waals surface area contributed by atoms with Gasteiger partial charge in [0.05, 0.1) is 0 Å². The van der Waals surface area contributed by atoms with Crippen LogP contribution in [0.25, 0.3) is 0 Å². The molecule has 1 aromatic carbocycles. The molecule has 0 spiro atoms. The maximum absolute atomic E-state index is 11.8. The number of benzene rings is 1. The molecule has 0 aliphatic rings. The van der Waals surface area contributed by atoms with Gasteiger partial charge in [0.15, 0.2) is 6.61 Å². The molecule has 0 aliphatic carbocycles. The van der Waals surface area contributed by atoms with Gasteiger partial charge in [0.25, 0.3) is 5.91 Å². The summed E-state index contributed by atoms with van der Waals surface area (Å²) in [6, 6.07) is 10.8. The summed E-state index contributed by atoms with van der Waals surface area (Å²) in [6.45, 7) is 3.80. The smallest absolute Gasteiger partial charge is 0.276 e. The van der Waals surface area contributed by atoms with Crippen LogP contribution in [-0.2, 0) is 4.79 Å². The molecule has 0 atom stereocenters. The number of carbonyl (C=O) groups is 1. The van der Waals surface area contributed by atoms with Crippen LogP contribution in [0.3, 0.4) is 0 Å². The van der Waals surface area contributed by atoms with Crippen molar-refractivity contribution in [3.05, 3.63) is 52.8 Å². The molecule has 4 nitrogen and oxygen atoms in total. The van der Waals surface area contributed by atoms with Crippen molar-refractivity contribution in [2.75, 3.05) is 12.0 Å². The van der Waals surface area contributed by atoms with Crippen LogP contribution < -0.4 is 10.2 Å². The number of rotatable bonds is 4. The molecule has 0 saturated carbocycles. The first-order valence-corrected chi connectivity index (χ1v) is 6.27. The number of aryl methyl sites for hydroxylation is 2. The lowest BCUT2D eigenvalue weighted by Gasteiger charge is -2.11. The molecule has 0 unspecified atom stereocenters. The number of ether oxygens (including phenoxy) is 1. The van der Waals surface area contributed by atoms with E-state index in [2.05, 4.69) is 5.43 Å². The van der Waals surface area contributed by atoms with Gasteiger partial charge in [0.2, 0.25) is 0 Å². The Morgan fingerprint density at radius 3 is 2.32 bits per heavy atom. The van der Waals surface area contributed by atoms with Crippen molar-refractivity contribution in [1.29, 1.82) is 0 Å². The van der Waals surface area contributed by atoms with Crippen LogP contribution in [0.5, 0.6) is 5.75 Å². The number of hydrogen-bond acceptors (Lipinski definition) is 2. The van der Waals surface area contributed by atoms with E-state index in [4.69, 9.17) is 16.3 Å². The summed E-state index contributed by atoms with van der Waals surface area (Å²) in [7, 11) is 0. The topological polar surface area (TPSA) is 43.3 Å². The normalized spacial score (nSPS) is 10.3. The molecular weight excluding hydrogens is 264 g/mol. The van der Waals surface area contributed by atoms with Crippen molar-refractivity contribution in [2.24, 2.45) is 0 Å². The van der Waals surface area contributed by atoms with Gasteiger partial charge in [-0.3, -0.25) is 14.9 Å². The highest BCUT2D eigenvalue weighted by Gasteiger charge is 2.06. The van der Waals surface area contributed by atoms with Crippen molar-refractivity contribution >= 4 is 17.5 Å². The third kappa shape index (κ3) is 3.51. The van der Waals surface area contributed by atoms with E-state index in [1.54, 1.807) is 28.9 Å². The van der Waals surface area contributed by atoms with Gasteiger partial charge in [0.1, 0.15) is 5.75 Å². The molecule has 0 aliphatic heterocycles. The number of aromatic nitrogens is 1. The number of halogens is 1. The van der Waals surface area contributed by atoms with Crippen LogP contribution in [0, 0.1) is 13.8 Å². The molecule has 19 heavy (non-hydrogen) atoms. The third-order valence-electron chi connectivity index (χ3n) is 2.69. The van der Waals surface area contributed by atoms with Crippen LogP contribution in [0.1, 0.15) is 11.4 Å². The van der Waals surface area contributed by atoms with E-state index in [0.29, 0.717) is 10.8 Å². The van der Waals surface area contributed by atoms with E-state index < -0.39 is 0 Å². The highest BCUT2D eigenvalue weighted by Crippen LogP contribution is 2.15. The van der Waals surface area contributed by atoms with Crippen molar-refractivity contribution < 1.29 is 9.53 Å². The number of carbonyl (C=O) groups excluding carboxylic acids is 1. The highest BCUT2D eigenvalue weighted by molar-refractivity contribution is 6.30. The van der Waals surface area contributed by atoms with E-state index in [-0.39, 0.29) is 12.5 Å². The Hall–Kier alpha value is -1.94. The number of nitrogens with zero attached hydrogens (tertiary/aromatic N) is 1. The number of nitrogens with one attached hydrogen (secondary N) is 1. The molecule has 0 radical (unpaired) electrons. The van der Waals surface area contributed by atoms with Crippen molar-refractivity contribution in [1.82, 2.24) is 4.68 Å². The maximum Gasteiger partial charge on any atom is 0.276 e. The Morgan fingerprint density at radius 1 is 1.16 bits per heavy atom. The lowest BCUT2D eigenvalue weighted by atomic mass is 10.3. The molecule has 1 heterocycles. The SMILES string of the molecule is Cc1ccc(C)n1NC(=O)COc1ccc(Cl)cc1. The number of hydrogen-bond donors (Lipinski definition) is 1. The van der Waals surface area contributed by atoms with Gasteiger partial charge in [-0.1, -0.05) is 11.6 Å². The second kappa shape index (κ2) is 5.80.